The molecule has 4 heteroatoms. The Morgan fingerprint density at radius 2 is 2.28 bits per heavy atom. The minimum atomic E-state index is 0.205. The Balaban J connectivity index is 2.05. The predicted molar refractivity (Wildman–Crippen MR) is 72.2 cm³/mol. The van der Waals surface area contributed by atoms with Crippen LogP contribution >= 0.6 is 0 Å². The highest BCUT2D eigenvalue weighted by molar-refractivity contribution is 6.03. The summed E-state index contributed by atoms with van der Waals surface area (Å²) in [5.41, 5.74) is 9.01. The molecule has 2 unspecified atom stereocenters. The van der Waals surface area contributed by atoms with Crippen molar-refractivity contribution in [2.24, 2.45) is 16.8 Å². The molecule has 1 saturated heterocycles. The van der Waals surface area contributed by atoms with E-state index in [4.69, 9.17) is 10.9 Å². The van der Waals surface area contributed by atoms with Crippen LogP contribution in [0.15, 0.2) is 23.4 Å². The van der Waals surface area contributed by atoms with Crippen LogP contribution in [0.25, 0.3) is 0 Å². The highest BCUT2D eigenvalue weighted by Crippen LogP contribution is 2.42. The largest absolute Gasteiger partial charge is 0.409 e. The molecule has 1 aliphatic heterocycles. The number of aryl methyl sites for hydroxylation is 1. The summed E-state index contributed by atoms with van der Waals surface area (Å²) in [4.78, 5) is 2.46. The van der Waals surface area contributed by atoms with Gasteiger partial charge in [0.15, 0.2) is 5.84 Å². The number of hydrogen-bond donors (Lipinski definition) is 2. The maximum absolute atomic E-state index is 8.92. The van der Waals surface area contributed by atoms with E-state index in [-0.39, 0.29) is 5.84 Å². The molecule has 18 heavy (non-hydrogen) atoms. The molecule has 2 atom stereocenters. The maximum atomic E-state index is 8.92. The van der Waals surface area contributed by atoms with Crippen LogP contribution in [0.3, 0.4) is 0 Å². The molecule has 1 heterocycles. The number of anilines is 1. The van der Waals surface area contributed by atoms with Crippen molar-refractivity contribution in [3.63, 3.8) is 0 Å². The van der Waals surface area contributed by atoms with Crippen molar-refractivity contribution in [2.75, 3.05) is 11.4 Å². The number of oxime groups is 1. The topological polar surface area (TPSA) is 61.9 Å². The maximum Gasteiger partial charge on any atom is 0.172 e. The number of fused-ring (bicyclic) bond motifs is 2. The van der Waals surface area contributed by atoms with E-state index in [2.05, 4.69) is 23.0 Å². The molecule has 1 saturated carbocycles. The van der Waals surface area contributed by atoms with E-state index in [1.54, 1.807) is 0 Å². The van der Waals surface area contributed by atoms with Gasteiger partial charge in [-0.1, -0.05) is 17.3 Å². The molecule has 0 amide bonds. The van der Waals surface area contributed by atoms with Crippen molar-refractivity contribution < 1.29 is 5.21 Å². The van der Waals surface area contributed by atoms with Crippen molar-refractivity contribution in [2.45, 2.75) is 32.2 Å². The number of benzene rings is 1. The van der Waals surface area contributed by atoms with E-state index in [0.29, 0.717) is 6.04 Å². The van der Waals surface area contributed by atoms with Gasteiger partial charge in [0.05, 0.1) is 5.69 Å². The van der Waals surface area contributed by atoms with Crippen LogP contribution in [-0.4, -0.2) is 23.6 Å². The summed E-state index contributed by atoms with van der Waals surface area (Å²) in [6.45, 7) is 3.21. The first-order valence-electron chi connectivity index (χ1n) is 6.55. The van der Waals surface area contributed by atoms with Crippen LogP contribution < -0.4 is 10.6 Å². The Kier molecular flexibility index (Phi) is 2.65. The number of hydrogen-bond acceptors (Lipinski definition) is 3. The van der Waals surface area contributed by atoms with Gasteiger partial charge >= 0.3 is 0 Å². The fourth-order valence-corrected chi connectivity index (χ4v) is 3.50. The van der Waals surface area contributed by atoms with Crippen molar-refractivity contribution in [3.8, 4) is 0 Å². The van der Waals surface area contributed by atoms with Crippen molar-refractivity contribution in [1.82, 2.24) is 0 Å². The number of rotatable bonds is 2. The summed E-state index contributed by atoms with van der Waals surface area (Å²) in [6.07, 6.45) is 3.92. The normalized spacial score (nSPS) is 26.9. The van der Waals surface area contributed by atoms with Crippen LogP contribution in [0.1, 0.15) is 30.4 Å². The Labute approximate surface area is 107 Å². The van der Waals surface area contributed by atoms with Crippen molar-refractivity contribution >= 4 is 11.5 Å². The van der Waals surface area contributed by atoms with E-state index >= 15 is 0 Å². The third-order valence-electron chi connectivity index (χ3n) is 4.32. The first kappa shape index (κ1) is 11.4. The second-order valence-electron chi connectivity index (χ2n) is 5.44. The Hall–Kier alpha value is -1.71. The molecule has 2 bridgehead atoms. The van der Waals surface area contributed by atoms with Crippen molar-refractivity contribution in [1.29, 1.82) is 0 Å². The number of nitrogens with two attached hydrogens (primary N) is 1. The van der Waals surface area contributed by atoms with Crippen molar-refractivity contribution in [3.05, 3.63) is 29.3 Å². The monoisotopic (exact) mass is 245 g/mol. The van der Waals surface area contributed by atoms with Crippen LogP contribution in [0.5, 0.6) is 0 Å². The van der Waals surface area contributed by atoms with Crippen LogP contribution in [0, 0.1) is 12.8 Å². The molecule has 1 aromatic rings. The second kappa shape index (κ2) is 4.19. The lowest BCUT2D eigenvalue weighted by Gasteiger charge is -2.32. The molecule has 0 radical (unpaired) electrons. The standard InChI is InChI=1S/C14H19N3O/c1-9-3-2-4-12(14(15)16-18)13(9)17-8-10-5-6-11(17)7-10/h2-4,10-11,18H,5-8H2,1H3,(H2,15,16). The van der Waals surface area contributed by atoms with E-state index in [9.17, 15) is 0 Å². The Bertz CT molecular complexity index is 498. The summed E-state index contributed by atoms with van der Waals surface area (Å²) in [5.74, 6) is 1.03. The van der Waals surface area contributed by atoms with E-state index in [1.165, 1.54) is 24.8 Å². The quantitative estimate of drug-likeness (QED) is 0.363. The van der Waals surface area contributed by atoms with Gasteiger partial charge < -0.3 is 15.8 Å². The van der Waals surface area contributed by atoms with Gasteiger partial charge in [0, 0.05) is 18.2 Å². The summed E-state index contributed by atoms with van der Waals surface area (Å²) in [7, 11) is 0. The summed E-state index contributed by atoms with van der Waals surface area (Å²) in [6, 6.07) is 6.63. The van der Waals surface area contributed by atoms with E-state index in [0.717, 1.165) is 23.7 Å². The third kappa shape index (κ3) is 1.64. The fraction of sp³-hybridized carbons (Fsp3) is 0.500. The first-order chi connectivity index (χ1) is 8.70. The Morgan fingerprint density at radius 1 is 1.44 bits per heavy atom. The smallest absolute Gasteiger partial charge is 0.172 e. The number of para-hydroxylation sites is 1. The molecule has 1 aliphatic carbocycles. The highest BCUT2D eigenvalue weighted by Gasteiger charge is 2.39. The van der Waals surface area contributed by atoms with Crippen LogP contribution in [-0.2, 0) is 0 Å². The molecular formula is C14H19N3O. The lowest BCUT2D eigenvalue weighted by molar-refractivity contribution is 0.318. The fourth-order valence-electron chi connectivity index (χ4n) is 3.50. The zero-order chi connectivity index (χ0) is 12.7. The van der Waals surface area contributed by atoms with Gasteiger partial charge in [0.2, 0.25) is 0 Å². The van der Waals surface area contributed by atoms with Gasteiger partial charge in [0.1, 0.15) is 0 Å². The van der Waals surface area contributed by atoms with Gasteiger partial charge in [-0.25, -0.2) is 0 Å². The number of nitrogens with zero attached hydrogens (tertiary/aromatic N) is 2. The molecule has 2 fully saturated rings. The van der Waals surface area contributed by atoms with Gasteiger partial charge in [-0.05, 0) is 43.7 Å². The molecule has 96 valence electrons. The predicted octanol–water partition coefficient (Wildman–Crippen LogP) is 2.08. The van der Waals surface area contributed by atoms with Gasteiger partial charge in [-0.2, -0.15) is 0 Å². The minimum Gasteiger partial charge on any atom is -0.409 e. The zero-order valence-corrected chi connectivity index (χ0v) is 10.6. The molecule has 2 aliphatic rings. The number of piperidine rings is 1. The molecule has 0 aromatic heterocycles. The highest BCUT2D eigenvalue weighted by atomic mass is 16.4. The average Bonchev–Trinajstić information content (AvgIpc) is 2.99. The van der Waals surface area contributed by atoms with Crippen LogP contribution in [0.2, 0.25) is 0 Å². The first-order valence-corrected chi connectivity index (χ1v) is 6.55. The minimum absolute atomic E-state index is 0.205. The lowest BCUT2D eigenvalue weighted by Crippen LogP contribution is -2.34. The summed E-state index contributed by atoms with van der Waals surface area (Å²) in [5, 5.41) is 12.1. The molecule has 4 nitrogen and oxygen atoms in total. The van der Waals surface area contributed by atoms with Gasteiger partial charge in [-0.3, -0.25) is 0 Å². The number of amidine groups is 1. The van der Waals surface area contributed by atoms with E-state index in [1.807, 2.05) is 12.1 Å². The van der Waals surface area contributed by atoms with E-state index < -0.39 is 0 Å². The van der Waals surface area contributed by atoms with Gasteiger partial charge in [0.25, 0.3) is 0 Å². The molecule has 1 aromatic carbocycles. The van der Waals surface area contributed by atoms with Crippen LogP contribution in [0.4, 0.5) is 5.69 Å². The summed E-state index contributed by atoms with van der Waals surface area (Å²) < 4.78 is 0. The SMILES string of the molecule is Cc1cccc(/C(N)=N/O)c1N1CC2CCC1C2. The second-order valence-corrected chi connectivity index (χ2v) is 5.44. The molecule has 0 spiro atoms. The zero-order valence-electron chi connectivity index (χ0n) is 10.6. The molecule has 3 N–H and O–H groups in total. The van der Waals surface area contributed by atoms with Gasteiger partial charge in [-0.15, -0.1) is 0 Å². The average molecular weight is 245 g/mol. The summed E-state index contributed by atoms with van der Waals surface area (Å²) >= 11 is 0. The Morgan fingerprint density at radius 3 is 2.89 bits per heavy atom. The third-order valence-corrected chi connectivity index (χ3v) is 4.32. The molecular weight excluding hydrogens is 226 g/mol. The molecule has 3 rings (SSSR count). The lowest BCUT2D eigenvalue weighted by atomic mass is 10.0.